The van der Waals surface area contributed by atoms with Gasteiger partial charge in [-0.1, -0.05) is 23.2 Å². The molecule has 0 unspecified atom stereocenters. The maximum Gasteiger partial charge on any atom is 0.360 e. The largest absolute Gasteiger partial charge is 0.360 e. The van der Waals surface area contributed by atoms with Gasteiger partial charge in [-0.3, -0.25) is 4.57 Å². The lowest BCUT2D eigenvalue weighted by Crippen LogP contribution is -2.07. The fraction of sp³-hybridized carbons (Fsp3) is 0.250. The van der Waals surface area contributed by atoms with Crippen LogP contribution >= 0.6 is 30.8 Å². The summed E-state index contributed by atoms with van der Waals surface area (Å²) >= 11 is 11.5. The molecule has 1 rings (SSSR count). The van der Waals surface area contributed by atoms with Crippen LogP contribution in [0.5, 0.6) is 0 Å². The van der Waals surface area contributed by atoms with Crippen molar-refractivity contribution >= 4 is 36.1 Å². The van der Waals surface area contributed by atoms with Gasteiger partial charge in [-0.25, -0.2) is 0 Å². The van der Waals surface area contributed by atoms with Crippen LogP contribution in [0.1, 0.15) is 0 Å². The highest BCUT2D eigenvalue weighted by Crippen LogP contribution is 2.45. The second-order valence-electron chi connectivity index (χ2n) is 2.49. The lowest BCUT2D eigenvalue weighted by atomic mass is 10.4. The first-order chi connectivity index (χ1) is 6.51. The van der Waals surface area contributed by atoms with Crippen LogP contribution in [0.2, 0.25) is 10.0 Å². The molecule has 0 radical (unpaired) electrons. The summed E-state index contributed by atoms with van der Waals surface area (Å²) in [5, 5.41) is 1.13. The SMILES string of the molecule is COP(=O)(OC)c1cc(Cl)cc(Cl)c1. The van der Waals surface area contributed by atoms with Crippen molar-refractivity contribution in [3.05, 3.63) is 28.2 Å². The summed E-state index contributed by atoms with van der Waals surface area (Å²) < 4.78 is 21.5. The summed E-state index contributed by atoms with van der Waals surface area (Å²) in [5.74, 6) is 0. The van der Waals surface area contributed by atoms with Crippen molar-refractivity contribution < 1.29 is 13.6 Å². The van der Waals surface area contributed by atoms with Gasteiger partial charge in [0.15, 0.2) is 0 Å². The van der Waals surface area contributed by atoms with Gasteiger partial charge in [0, 0.05) is 24.3 Å². The first-order valence-electron chi connectivity index (χ1n) is 3.70. The van der Waals surface area contributed by atoms with E-state index < -0.39 is 7.60 Å². The molecule has 3 nitrogen and oxygen atoms in total. The Morgan fingerprint density at radius 3 is 1.86 bits per heavy atom. The lowest BCUT2D eigenvalue weighted by molar-refractivity contribution is 0.287. The third-order valence-corrected chi connectivity index (χ3v) is 3.93. The molecule has 0 spiro atoms. The van der Waals surface area contributed by atoms with Crippen LogP contribution in [-0.2, 0) is 13.6 Å². The normalized spacial score (nSPS) is 11.7. The van der Waals surface area contributed by atoms with Crippen molar-refractivity contribution in [3.8, 4) is 0 Å². The van der Waals surface area contributed by atoms with Gasteiger partial charge in [0.05, 0.1) is 5.30 Å². The highest BCUT2D eigenvalue weighted by molar-refractivity contribution is 7.62. The molecule has 0 heterocycles. The molecule has 78 valence electrons. The van der Waals surface area contributed by atoms with E-state index in [1.165, 1.54) is 26.4 Å². The van der Waals surface area contributed by atoms with Crippen LogP contribution in [0.4, 0.5) is 0 Å². The Morgan fingerprint density at radius 2 is 1.50 bits per heavy atom. The van der Waals surface area contributed by atoms with Crippen LogP contribution < -0.4 is 5.30 Å². The molecule has 0 aromatic heterocycles. The quantitative estimate of drug-likeness (QED) is 0.778. The number of rotatable bonds is 3. The zero-order valence-electron chi connectivity index (χ0n) is 7.66. The average Bonchev–Trinajstić information content (AvgIpc) is 2.15. The lowest BCUT2D eigenvalue weighted by Gasteiger charge is -2.13. The van der Waals surface area contributed by atoms with E-state index in [0.29, 0.717) is 15.3 Å². The fourth-order valence-electron chi connectivity index (χ4n) is 0.983. The number of benzene rings is 1. The minimum Gasteiger partial charge on any atom is -0.309 e. The summed E-state index contributed by atoms with van der Waals surface area (Å²) in [6.07, 6.45) is 0. The van der Waals surface area contributed by atoms with Crippen LogP contribution in [0.15, 0.2) is 18.2 Å². The molecule has 0 amide bonds. The second kappa shape index (κ2) is 4.65. The molecule has 6 heteroatoms. The van der Waals surface area contributed by atoms with Crippen LogP contribution in [-0.4, -0.2) is 14.2 Å². The molecule has 0 fully saturated rings. The molecule has 0 aliphatic heterocycles. The van der Waals surface area contributed by atoms with Crippen LogP contribution in [0, 0.1) is 0 Å². The number of hydrogen-bond acceptors (Lipinski definition) is 3. The number of halogens is 2. The molecule has 0 aliphatic rings. The Kier molecular flexibility index (Phi) is 3.99. The van der Waals surface area contributed by atoms with Gasteiger partial charge in [0.25, 0.3) is 0 Å². The highest BCUT2D eigenvalue weighted by atomic mass is 35.5. The Hall–Kier alpha value is -0.0500. The minimum absolute atomic E-state index is 0.347. The first kappa shape index (κ1) is 12.0. The summed E-state index contributed by atoms with van der Waals surface area (Å²) in [7, 11) is -0.647. The fourth-order valence-corrected chi connectivity index (χ4v) is 2.83. The maximum absolute atomic E-state index is 11.9. The average molecular weight is 255 g/mol. The van der Waals surface area contributed by atoms with Crippen molar-refractivity contribution in [2.45, 2.75) is 0 Å². The van der Waals surface area contributed by atoms with E-state index >= 15 is 0 Å². The molecule has 14 heavy (non-hydrogen) atoms. The van der Waals surface area contributed by atoms with Gasteiger partial charge in [-0.2, -0.15) is 0 Å². The number of hydrogen-bond donors (Lipinski definition) is 0. The summed E-state index contributed by atoms with van der Waals surface area (Å²) in [5.41, 5.74) is 0. The summed E-state index contributed by atoms with van der Waals surface area (Å²) in [4.78, 5) is 0. The van der Waals surface area contributed by atoms with Crippen molar-refractivity contribution in [1.82, 2.24) is 0 Å². The van der Waals surface area contributed by atoms with Gasteiger partial charge < -0.3 is 9.05 Å². The highest BCUT2D eigenvalue weighted by Gasteiger charge is 2.24. The third-order valence-electron chi connectivity index (χ3n) is 1.64. The van der Waals surface area contributed by atoms with E-state index in [9.17, 15) is 4.57 Å². The molecule has 0 bridgehead atoms. The maximum atomic E-state index is 11.9. The predicted molar refractivity (Wildman–Crippen MR) is 57.7 cm³/mol. The molecule has 0 atom stereocenters. The molecule has 1 aromatic carbocycles. The molecule has 0 N–H and O–H groups in total. The van der Waals surface area contributed by atoms with E-state index in [-0.39, 0.29) is 0 Å². The summed E-state index contributed by atoms with van der Waals surface area (Å²) in [6.45, 7) is 0. The first-order valence-corrected chi connectivity index (χ1v) is 6.00. The van der Waals surface area contributed by atoms with Gasteiger partial charge in [0.2, 0.25) is 0 Å². The van der Waals surface area contributed by atoms with E-state index in [1.807, 2.05) is 0 Å². The van der Waals surface area contributed by atoms with Crippen molar-refractivity contribution in [1.29, 1.82) is 0 Å². The van der Waals surface area contributed by atoms with Gasteiger partial charge >= 0.3 is 7.60 Å². The van der Waals surface area contributed by atoms with E-state index in [1.54, 1.807) is 6.07 Å². The molecular weight excluding hydrogens is 246 g/mol. The Balaban J connectivity index is 3.24. The van der Waals surface area contributed by atoms with Gasteiger partial charge in [-0.05, 0) is 18.2 Å². The smallest absolute Gasteiger partial charge is 0.309 e. The Morgan fingerprint density at radius 1 is 1.07 bits per heavy atom. The van der Waals surface area contributed by atoms with E-state index in [2.05, 4.69) is 0 Å². The van der Waals surface area contributed by atoms with E-state index in [0.717, 1.165) is 0 Å². The molecule has 0 aliphatic carbocycles. The molecule has 1 aromatic rings. The second-order valence-corrected chi connectivity index (χ2v) is 5.60. The Bertz CT molecular complexity index is 353. The van der Waals surface area contributed by atoms with E-state index in [4.69, 9.17) is 32.2 Å². The van der Waals surface area contributed by atoms with Crippen molar-refractivity contribution in [3.63, 3.8) is 0 Å². The molecular formula is C8H9Cl2O3P. The van der Waals surface area contributed by atoms with Gasteiger partial charge in [0.1, 0.15) is 0 Å². The molecule has 0 saturated heterocycles. The predicted octanol–water partition coefficient (Wildman–Crippen LogP) is 3.10. The van der Waals surface area contributed by atoms with Crippen molar-refractivity contribution in [2.24, 2.45) is 0 Å². The third kappa shape index (κ3) is 2.50. The van der Waals surface area contributed by atoms with Crippen molar-refractivity contribution in [2.75, 3.05) is 14.2 Å². The van der Waals surface area contributed by atoms with Gasteiger partial charge in [-0.15, -0.1) is 0 Å². The zero-order chi connectivity index (χ0) is 10.8. The monoisotopic (exact) mass is 254 g/mol. The topological polar surface area (TPSA) is 35.5 Å². The molecule has 0 saturated carbocycles. The minimum atomic E-state index is -3.26. The van der Waals surface area contributed by atoms with Crippen LogP contribution in [0.3, 0.4) is 0 Å². The summed E-state index contributed by atoms with van der Waals surface area (Å²) in [6, 6.07) is 4.55. The Labute approximate surface area is 92.5 Å². The standard InChI is InChI=1S/C8H9Cl2O3P/c1-12-14(11,13-2)8-4-6(9)3-7(10)5-8/h3-5H,1-2H3. The zero-order valence-corrected chi connectivity index (χ0v) is 10.1. The van der Waals surface area contributed by atoms with Crippen LogP contribution in [0.25, 0.3) is 0 Å².